The largest absolute Gasteiger partial charge is 0.341 e. The van der Waals surface area contributed by atoms with Crippen LogP contribution in [0.1, 0.15) is 40.0 Å². The van der Waals surface area contributed by atoms with Crippen molar-refractivity contribution in [2.75, 3.05) is 0 Å². The normalized spacial score (nSPS) is 13.4. The van der Waals surface area contributed by atoms with E-state index in [-0.39, 0.29) is 19.3 Å². The molecule has 0 saturated heterocycles. The summed E-state index contributed by atoms with van der Waals surface area (Å²) in [7, 11) is 0. The Hall–Kier alpha value is 0.150. The first-order valence-corrected chi connectivity index (χ1v) is 9.21. The maximum atomic E-state index is 12.7. The third-order valence-electron chi connectivity index (χ3n) is 3.41. The van der Waals surface area contributed by atoms with E-state index in [1.807, 2.05) is 0 Å². The first kappa shape index (κ1) is 22.2. The molecule has 0 saturated carbocycles. The van der Waals surface area contributed by atoms with Crippen LogP contribution in [-0.4, -0.2) is 13.7 Å². The quantitative estimate of drug-likeness (QED) is 0.607. The van der Waals surface area contributed by atoms with Crippen LogP contribution in [0.4, 0.5) is 0 Å². The van der Waals surface area contributed by atoms with E-state index in [2.05, 4.69) is 0 Å². The molecule has 0 radical (unpaired) electrons. The van der Waals surface area contributed by atoms with Crippen LogP contribution >= 0.6 is 69.6 Å². The average Bonchev–Trinajstić information content (AvgIpc) is 2.46. The molecule has 0 fully saturated rings. The first-order chi connectivity index (χ1) is 10.8. The Balaban J connectivity index is 4.22. The standard InChI is InChI=1S/C12H15Cl6N3O3/c1-4-10(13,14)19-7(22)20(11(15,16)5-2)9(24)21(8(19)23)12(17,18)6-3/h4-6H2,1-3H3. The van der Waals surface area contributed by atoms with Crippen LogP contribution in [0.25, 0.3) is 0 Å². The molecule has 0 spiro atoms. The molecular formula is C12H15Cl6N3O3. The van der Waals surface area contributed by atoms with E-state index in [1.54, 1.807) is 0 Å². The SMILES string of the molecule is CCC(Cl)(Cl)n1c(=O)n(C(Cl)(Cl)CC)c(=O)n(C(Cl)(Cl)CC)c1=O. The fraction of sp³-hybridized carbons (Fsp3) is 0.750. The van der Waals surface area contributed by atoms with E-state index in [9.17, 15) is 14.4 Å². The van der Waals surface area contributed by atoms with E-state index in [0.29, 0.717) is 13.7 Å². The van der Waals surface area contributed by atoms with E-state index in [4.69, 9.17) is 69.6 Å². The number of alkyl halides is 6. The number of nitrogens with zero attached hydrogens (tertiary/aromatic N) is 3. The van der Waals surface area contributed by atoms with Gasteiger partial charge in [0, 0.05) is 0 Å². The molecule has 0 aliphatic carbocycles. The van der Waals surface area contributed by atoms with Gasteiger partial charge in [0.05, 0.1) is 0 Å². The van der Waals surface area contributed by atoms with Crippen molar-refractivity contribution in [3.8, 4) is 0 Å². The lowest BCUT2D eigenvalue weighted by Crippen LogP contribution is -2.62. The molecule has 0 unspecified atom stereocenters. The molecule has 138 valence electrons. The first-order valence-electron chi connectivity index (χ1n) is 6.94. The van der Waals surface area contributed by atoms with E-state index in [1.165, 1.54) is 20.8 Å². The number of rotatable bonds is 6. The molecule has 0 N–H and O–H groups in total. The van der Waals surface area contributed by atoms with Crippen LogP contribution in [0.2, 0.25) is 0 Å². The summed E-state index contributed by atoms with van der Waals surface area (Å²) in [5, 5.41) is 0. The summed E-state index contributed by atoms with van der Waals surface area (Å²) < 4.78 is -4.53. The van der Waals surface area contributed by atoms with Crippen LogP contribution in [0, 0.1) is 0 Å². The van der Waals surface area contributed by atoms with Crippen LogP contribution in [0.15, 0.2) is 14.4 Å². The van der Waals surface area contributed by atoms with Crippen LogP contribution in [0.3, 0.4) is 0 Å². The zero-order chi connectivity index (χ0) is 19.1. The van der Waals surface area contributed by atoms with Gasteiger partial charge in [-0.1, -0.05) is 90.4 Å². The fourth-order valence-corrected chi connectivity index (χ4v) is 2.73. The van der Waals surface area contributed by atoms with Crippen molar-refractivity contribution >= 4 is 69.6 Å². The van der Waals surface area contributed by atoms with Gasteiger partial charge in [-0.2, -0.15) is 0 Å². The Labute approximate surface area is 167 Å². The Bertz CT molecular complexity index is 658. The second-order valence-corrected chi connectivity index (χ2v) is 9.24. The third kappa shape index (κ3) is 3.79. The van der Waals surface area contributed by atoms with Gasteiger partial charge in [-0.3, -0.25) is 0 Å². The van der Waals surface area contributed by atoms with Gasteiger partial charge in [-0.15, -0.1) is 0 Å². The van der Waals surface area contributed by atoms with Gasteiger partial charge in [-0.25, -0.2) is 28.1 Å². The molecule has 0 amide bonds. The van der Waals surface area contributed by atoms with E-state index >= 15 is 0 Å². The van der Waals surface area contributed by atoms with Crippen molar-refractivity contribution in [3.63, 3.8) is 0 Å². The lowest BCUT2D eigenvalue weighted by molar-refractivity contribution is 0.369. The summed E-state index contributed by atoms with van der Waals surface area (Å²) >= 11 is 36.4. The van der Waals surface area contributed by atoms with Crippen molar-refractivity contribution in [1.29, 1.82) is 0 Å². The van der Waals surface area contributed by atoms with Crippen LogP contribution in [-0.2, 0) is 13.4 Å². The monoisotopic (exact) mass is 459 g/mol. The molecule has 0 atom stereocenters. The minimum atomic E-state index is -1.96. The Morgan fingerprint density at radius 2 is 0.750 bits per heavy atom. The average molecular weight is 462 g/mol. The highest BCUT2D eigenvalue weighted by Gasteiger charge is 2.40. The zero-order valence-electron chi connectivity index (χ0n) is 13.0. The summed E-state index contributed by atoms with van der Waals surface area (Å²) in [5.74, 6) is 0. The second-order valence-electron chi connectivity index (χ2n) is 4.91. The van der Waals surface area contributed by atoms with Gasteiger partial charge in [0.1, 0.15) is 0 Å². The fourth-order valence-electron chi connectivity index (χ4n) is 1.86. The third-order valence-corrected chi connectivity index (χ3v) is 6.02. The van der Waals surface area contributed by atoms with Crippen molar-refractivity contribution in [2.45, 2.75) is 53.4 Å². The van der Waals surface area contributed by atoms with Gasteiger partial charge >= 0.3 is 17.1 Å². The van der Waals surface area contributed by atoms with Gasteiger partial charge in [0.2, 0.25) is 13.4 Å². The van der Waals surface area contributed by atoms with Gasteiger partial charge < -0.3 is 0 Å². The molecule has 6 nitrogen and oxygen atoms in total. The minimum absolute atomic E-state index is 0.0309. The highest BCUT2D eigenvalue weighted by Crippen LogP contribution is 2.33. The number of hydrogen-bond donors (Lipinski definition) is 0. The summed E-state index contributed by atoms with van der Waals surface area (Å²) in [6.07, 6.45) is -0.0927. The van der Waals surface area contributed by atoms with Crippen molar-refractivity contribution in [2.24, 2.45) is 0 Å². The molecule has 0 aliphatic rings. The van der Waals surface area contributed by atoms with Crippen molar-refractivity contribution in [1.82, 2.24) is 13.7 Å². The summed E-state index contributed by atoms with van der Waals surface area (Å²) in [6, 6.07) is 0. The summed E-state index contributed by atoms with van der Waals surface area (Å²) in [6.45, 7) is 4.61. The summed E-state index contributed by atoms with van der Waals surface area (Å²) in [5.41, 5.74) is -3.50. The highest BCUT2D eigenvalue weighted by molar-refractivity contribution is 6.47. The predicted octanol–water partition coefficient (Wildman–Crippen LogP) is 3.67. The Kier molecular flexibility index (Phi) is 6.85. The van der Waals surface area contributed by atoms with Crippen LogP contribution in [0.5, 0.6) is 0 Å². The Morgan fingerprint density at radius 1 is 0.583 bits per heavy atom. The lowest BCUT2D eigenvalue weighted by atomic mass is 10.4. The minimum Gasteiger partial charge on any atom is -0.247 e. The molecular weight excluding hydrogens is 447 g/mol. The summed E-state index contributed by atoms with van der Waals surface area (Å²) in [4.78, 5) is 38.0. The van der Waals surface area contributed by atoms with Crippen molar-refractivity contribution < 1.29 is 0 Å². The molecule has 1 aromatic heterocycles. The lowest BCUT2D eigenvalue weighted by Gasteiger charge is -2.29. The second kappa shape index (κ2) is 7.41. The molecule has 24 heavy (non-hydrogen) atoms. The van der Waals surface area contributed by atoms with Gasteiger partial charge in [0.15, 0.2) is 0 Å². The molecule has 0 bridgehead atoms. The number of aromatic nitrogens is 3. The highest BCUT2D eigenvalue weighted by atomic mass is 35.5. The molecule has 1 aromatic rings. The maximum absolute atomic E-state index is 12.7. The zero-order valence-corrected chi connectivity index (χ0v) is 17.5. The van der Waals surface area contributed by atoms with Crippen LogP contribution < -0.4 is 17.1 Å². The molecule has 0 aromatic carbocycles. The maximum Gasteiger partial charge on any atom is 0.341 e. The smallest absolute Gasteiger partial charge is 0.247 e. The molecule has 1 heterocycles. The predicted molar refractivity (Wildman–Crippen MR) is 99.1 cm³/mol. The molecule has 1 rings (SSSR count). The van der Waals surface area contributed by atoms with Gasteiger partial charge in [-0.05, 0) is 19.3 Å². The number of halogens is 6. The van der Waals surface area contributed by atoms with E-state index in [0.717, 1.165) is 0 Å². The Morgan fingerprint density at radius 3 is 0.875 bits per heavy atom. The number of hydrogen-bond acceptors (Lipinski definition) is 3. The topological polar surface area (TPSA) is 66.0 Å². The molecule has 12 heteroatoms. The van der Waals surface area contributed by atoms with Gasteiger partial charge in [0.25, 0.3) is 0 Å². The van der Waals surface area contributed by atoms with Crippen molar-refractivity contribution in [3.05, 3.63) is 31.5 Å². The molecule has 0 aliphatic heterocycles. The van der Waals surface area contributed by atoms with E-state index < -0.39 is 30.4 Å².